The highest BCUT2D eigenvalue weighted by molar-refractivity contribution is 7.15. The summed E-state index contributed by atoms with van der Waals surface area (Å²) in [5, 5.41) is 2.56. The Kier molecular flexibility index (Phi) is 14.6. The Morgan fingerprint density at radius 2 is 2.00 bits per heavy atom. The molecular formula is C6H17N2OP. The van der Waals surface area contributed by atoms with Gasteiger partial charge in [0.15, 0.2) is 0 Å². The van der Waals surface area contributed by atoms with Crippen LogP contribution in [0.4, 0.5) is 0 Å². The van der Waals surface area contributed by atoms with E-state index in [1.165, 1.54) is 0 Å². The average Bonchev–Trinajstić information content (AvgIpc) is 1.92. The van der Waals surface area contributed by atoms with Gasteiger partial charge in [-0.3, -0.25) is 4.79 Å². The van der Waals surface area contributed by atoms with Crippen molar-refractivity contribution in [3.8, 4) is 0 Å². The van der Waals surface area contributed by atoms with E-state index in [-0.39, 0.29) is 0 Å². The topological polar surface area (TPSA) is 32.3 Å². The van der Waals surface area contributed by atoms with E-state index in [9.17, 15) is 4.79 Å². The van der Waals surface area contributed by atoms with Gasteiger partial charge in [0.25, 0.3) is 0 Å². The molecule has 0 aliphatic heterocycles. The highest BCUT2D eigenvalue weighted by atomic mass is 31.0. The van der Waals surface area contributed by atoms with Crippen LogP contribution in [-0.2, 0) is 4.79 Å². The maximum Gasteiger partial charge on any atom is 0.207 e. The fraction of sp³-hybridized carbons (Fsp3) is 0.833. The quantitative estimate of drug-likeness (QED) is 0.354. The number of hydrogen-bond acceptors (Lipinski definition) is 2. The van der Waals surface area contributed by atoms with Crippen LogP contribution in [0.3, 0.4) is 0 Å². The molecule has 0 rings (SSSR count). The number of nitrogens with zero attached hydrogens (tertiary/aromatic N) is 1. The van der Waals surface area contributed by atoms with Crippen LogP contribution in [0, 0.1) is 0 Å². The molecule has 3 nitrogen and oxygen atoms in total. The molecule has 0 aliphatic carbocycles. The van der Waals surface area contributed by atoms with Crippen LogP contribution >= 0.6 is 9.24 Å². The molecule has 1 amide bonds. The maximum atomic E-state index is 9.66. The number of rotatable bonds is 4. The molecule has 1 atom stereocenters. The van der Waals surface area contributed by atoms with Crippen LogP contribution in [-0.4, -0.2) is 45.2 Å². The van der Waals surface area contributed by atoms with Crippen molar-refractivity contribution in [2.24, 2.45) is 0 Å². The Morgan fingerprint density at radius 1 is 1.50 bits per heavy atom. The molecule has 0 bridgehead atoms. The van der Waals surface area contributed by atoms with Crippen molar-refractivity contribution in [3.63, 3.8) is 0 Å². The first-order chi connectivity index (χ1) is 4.77. The van der Waals surface area contributed by atoms with E-state index in [4.69, 9.17) is 0 Å². The van der Waals surface area contributed by atoms with Crippen molar-refractivity contribution in [2.75, 3.05) is 33.8 Å². The smallest absolute Gasteiger partial charge is 0.207 e. The molecule has 0 heterocycles. The van der Waals surface area contributed by atoms with Crippen molar-refractivity contribution in [2.45, 2.75) is 0 Å². The summed E-state index contributed by atoms with van der Waals surface area (Å²) in [6.07, 6.45) is 0.712. The minimum absolute atomic E-state index is 0.712. The van der Waals surface area contributed by atoms with Gasteiger partial charge in [-0.05, 0) is 14.1 Å². The number of carbonyl (C=O) groups excluding carboxylic acids is 1. The summed E-state index contributed by atoms with van der Waals surface area (Å²) in [6.45, 7) is 3.55. The van der Waals surface area contributed by atoms with Gasteiger partial charge in [-0.2, -0.15) is 0 Å². The number of nitrogens with one attached hydrogen (secondary N) is 1. The monoisotopic (exact) mass is 164 g/mol. The van der Waals surface area contributed by atoms with Crippen molar-refractivity contribution in [3.05, 3.63) is 0 Å². The lowest BCUT2D eigenvalue weighted by molar-refractivity contribution is -0.109. The number of amides is 1. The Morgan fingerprint density at radius 3 is 2.30 bits per heavy atom. The van der Waals surface area contributed by atoms with E-state index in [0.717, 1.165) is 13.1 Å². The summed E-state index contributed by atoms with van der Waals surface area (Å²) < 4.78 is 0. The molecule has 4 heteroatoms. The number of carbonyl (C=O) groups is 1. The van der Waals surface area contributed by atoms with Crippen LogP contribution in [0.15, 0.2) is 0 Å². The van der Waals surface area contributed by atoms with Crippen LogP contribution in [0.25, 0.3) is 0 Å². The average molecular weight is 164 g/mol. The van der Waals surface area contributed by atoms with Crippen LogP contribution in [0.2, 0.25) is 0 Å². The highest BCUT2D eigenvalue weighted by Gasteiger charge is 1.84. The Hall–Kier alpha value is -0.140. The van der Waals surface area contributed by atoms with Gasteiger partial charge in [-0.1, -0.05) is 6.66 Å². The van der Waals surface area contributed by atoms with E-state index in [2.05, 4.69) is 14.6 Å². The minimum Gasteiger partial charge on any atom is -0.357 e. The summed E-state index contributed by atoms with van der Waals surface area (Å²) in [6, 6.07) is 0. The van der Waals surface area contributed by atoms with Crippen LogP contribution < -0.4 is 5.32 Å². The molecule has 1 N–H and O–H groups in total. The van der Waals surface area contributed by atoms with Gasteiger partial charge in [-0.15, -0.1) is 9.24 Å². The molecular weight excluding hydrogens is 147 g/mol. The van der Waals surface area contributed by atoms with Crippen molar-refractivity contribution in [1.82, 2.24) is 10.2 Å². The van der Waals surface area contributed by atoms with E-state index in [1.807, 2.05) is 25.7 Å². The third-order valence-electron chi connectivity index (χ3n) is 0.787. The zero-order valence-corrected chi connectivity index (χ0v) is 8.08. The first-order valence-corrected chi connectivity index (χ1v) is 4.32. The summed E-state index contributed by atoms with van der Waals surface area (Å²) >= 11 is 0. The van der Waals surface area contributed by atoms with Gasteiger partial charge in [-0.25, -0.2) is 0 Å². The van der Waals surface area contributed by atoms with Gasteiger partial charge >= 0.3 is 0 Å². The lowest BCUT2D eigenvalue weighted by Gasteiger charge is -2.06. The van der Waals surface area contributed by atoms with Crippen LogP contribution in [0.1, 0.15) is 0 Å². The van der Waals surface area contributed by atoms with Gasteiger partial charge in [0.2, 0.25) is 6.41 Å². The summed E-state index contributed by atoms with van der Waals surface area (Å²) in [5.41, 5.74) is 0. The lowest BCUT2D eigenvalue weighted by Crippen LogP contribution is -2.25. The molecule has 0 spiro atoms. The first kappa shape index (κ1) is 12.5. The second-order valence-corrected chi connectivity index (χ2v) is 1.88. The molecule has 0 aliphatic rings. The SMILES string of the molecule is CN(C)CCNC=O.CP. The molecule has 0 saturated carbocycles. The minimum atomic E-state index is 0.712. The van der Waals surface area contributed by atoms with Crippen molar-refractivity contribution < 1.29 is 4.79 Å². The normalized spacial score (nSPS) is 8.10. The predicted octanol–water partition coefficient (Wildman–Crippen LogP) is -0.215. The zero-order valence-electron chi connectivity index (χ0n) is 6.92. The Labute approximate surface area is 65.4 Å². The molecule has 0 aromatic heterocycles. The van der Waals surface area contributed by atoms with E-state index < -0.39 is 0 Å². The first-order valence-electron chi connectivity index (χ1n) is 3.17. The maximum absolute atomic E-state index is 9.66. The van der Waals surface area contributed by atoms with E-state index in [0.29, 0.717) is 6.41 Å². The van der Waals surface area contributed by atoms with Gasteiger partial charge in [0, 0.05) is 13.1 Å². The molecule has 0 saturated heterocycles. The zero-order chi connectivity index (χ0) is 8.41. The largest absolute Gasteiger partial charge is 0.357 e. The van der Waals surface area contributed by atoms with Gasteiger partial charge in [0.05, 0.1) is 0 Å². The highest BCUT2D eigenvalue weighted by Crippen LogP contribution is 1.67. The molecule has 0 aromatic carbocycles. The summed E-state index contributed by atoms with van der Waals surface area (Å²) in [5.74, 6) is 0. The Bertz CT molecular complexity index is 68.8. The van der Waals surface area contributed by atoms with Crippen molar-refractivity contribution >= 4 is 15.6 Å². The number of likely N-dealkylation sites (N-methyl/N-ethyl adjacent to an activating group) is 1. The third-order valence-corrected chi connectivity index (χ3v) is 0.787. The second-order valence-electron chi connectivity index (χ2n) is 1.88. The molecule has 1 unspecified atom stereocenters. The fourth-order valence-corrected chi connectivity index (χ4v) is 0.347. The summed E-state index contributed by atoms with van der Waals surface area (Å²) in [4.78, 5) is 11.7. The van der Waals surface area contributed by atoms with Gasteiger partial charge in [0.1, 0.15) is 0 Å². The summed E-state index contributed by atoms with van der Waals surface area (Å²) in [7, 11) is 6.35. The lowest BCUT2D eigenvalue weighted by atomic mass is 10.6. The standard InChI is InChI=1S/C5H12N2O.CH5P/c1-7(2)4-3-6-5-8;1-2/h5H,3-4H2,1-2H3,(H,6,8);2H2,1H3. The van der Waals surface area contributed by atoms with Crippen molar-refractivity contribution in [1.29, 1.82) is 0 Å². The van der Waals surface area contributed by atoms with E-state index >= 15 is 0 Å². The van der Waals surface area contributed by atoms with Gasteiger partial charge < -0.3 is 10.2 Å². The molecule has 0 aromatic rings. The molecule has 62 valence electrons. The second kappa shape index (κ2) is 11.6. The predicted molar refractivity (Wildman–Crippen MR) is 48.3 cm³/mol. The van der Waals surface area contributed by atoms with Crippen LogP contribution in [0.5, 0.6) is 0 Å². The Balaban J connectivity index is 0. The molecule has 10 heavy (non-hydrogen) atoms. The number of hydrogen-bond donors (Lipinski definition) is 1. The molecule has 0 radical (unpaired) electrons. The van der Waals surface area contributed by atoms with E-state index in [1.54, 1.807) is 0 Å². The molecule has 0 fully saturated rings. The fourth-order valence-electron chi connectivity index (χ4n) is 0.347. The third kappa shape index (κ3) is 15.7.